The molecule has 1 N–H and O–H groups in total. The minimum absolute atomic E-state index is 0.329. The van der Waals surface area contributed by atoms with Gasteiger partial charge >= 0.3 is 0 Å². The Morgan fingerprint density at radius 2 is 1.83 bits per heavy atom. The molecule has 0 aromatic heterocycles. The fraction of sp³-hybridized carbons (Fsp3) is 0.867. The molecule has 3 heteroatoms. The summed E-state index contributed by atoms with van der Waals surface area (Å²) in [5.74, 6) is 0. The second-order valence-corrected chi connectivity index (χ2v) is 5.92. The van der Waals surface area contributed by atoms with E-state index in [1.165, 1.54) is 31.3 Å². The summed E-state index contributed by atoms with van der Waals surface area (Å²) in [6.07, 6.45) is 7.80. The van der Waals surface area contributed by atoms with Crippen molar-refractivity contribution in [2.75, 3.05) is 33.4 Å². The Balaban J connectivity index is 2.21. The Morgan fingerprint density at radius 3 is 2.33 bits per heavy atom. The Kier molecular flexibility index (Phi) is 4.82. The van der Waals surface area contributed by atoms with Crippen LogP contribution in [0.2, 0.25) is 0 Å². The highest BCUT2D eigenvalue weighted by atomic mass is 16.5. The molecule has 3 nitrogen and oxygen atoms in total. The minimum atomic E-state index is 0.329. The van der Waals surface area contributed by atoms with Gasteiger partial charge in [0, 0.05) is 24.7 Å². The second-order valence-electron chi connectivity index (χ2n) is 5.92. The van der Waals surface area contributed by atoms with Crippen molar-refractivity contribution in [3.63, 3.8) is 0 Å². The molecule has 1 unspecified atom stereocenters. The van der Waals surface area contributed by atoms with Crippen LogP contribution in [0.4, 0.5) is 0 Å². The van der Waals surface area contributed by atoms with Crippen LogP contribution in [-0.4, -0.2) is 49.8 Å². The van der Waals surface area contributed by atoms with Crippen LogP contribution in [0.1, 0.15) is 39.5 Å². The molecule has 0 radical (unpaired) electrons. The standard InChI is InChI=1S/C15H28N2O/c1-13(2)12-14(16-3)15(6-4-5-7-15)17-8-10-18-11-9-17/h12,14,16H,4-11H2,1-3H3. The molecule has 2 rings (SSSR count). The van der Waals surface area contributed by atoms with Gasteiger partial charge in [-0.3, -0.25) is 4.90 Å². The summed E-state index contributed by atoms with van der Waals surface area (Å²) in [5.41, 5.74) is 1.74. The van der Waals surface area contributed by atoms with E-state index in [0.29, 0.717) is 11.6 Å². The van der Waals surface area contributed by atoms with E-state index in [-0.39, 0.29) is 0 Å². The molecule has 0 amide bonds. The van der Waals surface area contributed by atoms with Crippen LogP contribution in [0, 0.1) is 0 Å². The van der Waals surface area contributed by atoms with Gasteiger partial charge in [-0.2, -0.15) is 0 Å². The van der Waals surface area contributed by atoms with Crippen molar-refractivity contribution in [1.82, 2.24) is 10.2 Å². The number of ether oxygens (including phenoxy) is 1. The van der Waals surface area contributed by atoms with Gasteiger partial charge in [0.2, 0.25) is 0 Å². The molecule has 1 atom stereocenters. The Bertz CT molecular complexity index is 285. The summed E-state index contributed by atoms with van der Waals surface area (Å²) < 4.78 is 5.52. The number of hydrogen-bond acceptors (Lipinski definition) is 3. The molecule has 1 saturated heterocycles. The zero-order valence-electron chi connectivity index (χ0n) is 12.2. The molecule has 104 valence electrons. The normalized spacial score (nSPS) is 25.9. The molecule has 18 heavy (non-hydrogen) atoms. The summed E-state index contributed by atoms with van der Waals surface area (Å²) in [7, 11) is 2.10. The molecule has 1 heterocycles. The molecular weight excluding hydrogens is 224 g/mol. The fourth-order valence-corrected chi connectivity index (χ4v) is 3.66. The zero-order chi connectivity index (χ0) is 13.0. The third-order valence-corrected chi connectivity index (χ3v) is 4.50. The lowest BCUT2D eigenvalue weighted by molar-refractivity contribution is -0.0287. The largest absolute Gasteiger partial charge is 0.379 e. The van der Waals surface area contributed by atoms with Gasteiger partial charge in [-0.15, -0.1) is 0 Å². The number of allylic oxidation sites excluding steroid dienone is 1. The highest BCUT2D eigenvalue weighted by Gasteiger charge is 2.44. The van der Waals surface area contributed by atoms with Crippen molar-refractivity contribution < 1.29 is 4.74 Å². The van der Waals surface area contributed by atoms with Gasteiger partial charge in [-0.1, -0.05) is 24.5 Å². The highest BCUT2D eigenvalue weighted by Crippen LogP contribution is 2.39. The zero-order valence-corrected chi connectivity index (χ0v) is 12.2. The van der Waals surface area contributed by atoms with Gasteiger partial charge in [-0.25, -0.2) is 0 Å². The Morgan fingerprint density at radius 1 is 1.22 bits per heavy atom. The van der Waals surface area contributed by atoms with Crippen LogP contribution < -0.4 is 5.32 Å². The van der Waals surface area contributed by atoms with E-state index in [1.54, 1.807) is 0 Å². The van der Waals surface area contributed by atoms with Crippen LogP contribution in [0.25, 0.3) is 0 Å². The van der Waals surface area contributed by atoms with Crippen LogP contribution in [0.3, 0.4) is 0 Å². The maximum atomic E-state index is 5.52. The molecule has 2 fully saturated rings. The Hall–Kier alpha value is -0.380. The first kappa shape index (κ1) is 14.0. The number of morpholine rings is 1. The maximum absolute atomic E-state index is 5.52. The average Bonchev–Trinajstić information content (AvgIpc) is 2.87. The maximum Gasteiger partial charge on any atom is 0.0594 e. The third kappa shape index (κ3) is 2.79. The number of rotatable bonds is 4. The van der Waals surface area contributed by atoms with Crippen molar-refractivity contribution in [2.45, 2.75) is 51.1 Å². The number of hydrogen-bond donors (Lipinski definition) is 1. The molecule has 1 aliphatic heterocycles. The topological polar surface area (TPSA) is 24.5 Å². The molecule has 0 spiro atoms. The average molecular weight is 252 g/mol. The smallest absolute Gasteiger partial charge is 0.0594 e. The van der Waals surface area contributed by atoms with Gasteiger partial charge < -0.3 is 10.1 Å². The number of nitrogens with one attached hydrogen (secondary N) is 1. The van der Waals surface area contributed by atoms with Gasteiger partial charge in [0.1, 0.15) is 0 Å². The van der Waals surface area contributed by atoms with Gasteiger partial charge in [-0.05, 0) is 33.7 Å². The number of nitrogens with zero attached hydrogens (tertiary/aromatic N) is 1. The molecule has 0 aromatic carbocycles. The number of likely N-dealkylation sites (N-methyl/N-ethyl adjacent to an activating group) is 1. The molecular formula is C15H28N2O. The van der Waals surface area contributed by atoms with Crippen molar-refractivity contribution >= 4 is 0 Å². The van der Waals surface area contributed by atoms with E-state index < -0.39 is 0 Å². The van der Waals surface area contributed by atoms with E-state index in [0.717, 1.165) is 26.3 Å². The van der Waals surface area contributed by atoms with E-state index in [1.807, 2.05) is 0 Å². The molecule has 2 aliphatic rings. The van der Waals surface area contributed by atoms with Gasteiger partial charge in [0.25, 0.3) is 0 Å². The quantitative estimate of drug-likeness (QED) is 0.776. The van der Waals surface area contributed by atoms with Crippen molar-refractivity contribution in [3.05, 3.63) is 11.6 Å². The van der Waals surface area contributed by atoms with Gasteiger partial charge in [0.15, 0.2) is 0 Å². The van der Waals surface area contributed by atoms with Crippen molar-refractivity contribution in [1.29, 1.82) is 0 Å². The van der Waals surface area contributed by atoms with Crippen LogP contribution >= 0.6 is 0 Å². The van der Waals surface area contributed by atoms with Crippen molar-refractivity contribution in [2.24, 2.45) is 0 Å². The predicted octanol–water partition coefficient (Wildman–Crippen LogP) is 2.19. The van der Waals surface area contributed by atoms with E-state index in [4.69, 9.17) is 4.74 Å². The summed E-state index contributed by atoms with van der Waals surface area (Å²) in [5, 5.41) is 3.55. The summed E-state index contributed by atoms with van der Waals surface area (Å²) >= 11 is 0. The van der Waals surface area contributed by atoms with Crippen molar-refractivity contribution in [3.8, 4) is 0 Å². The summed E-state index contributed by atoms with van der Waals surface area (Å²) in [6.45, 7) is 8.38. The summed E-state index contributed by atoms with van der Waals surface area (Å²) in [4.78, 5) is 2.68. The first-order valence-electron chi connectivity index (χ1n) is 7.34. The first-order valence-corrected chi connectivity index (χ1v) is 7.34. The molecule has 0 aromatic rings. The lowest BCUT2D eigenvalue weighted by Crippen LogP contribution is -2.61. The lowest BCUT2D eigenvalue weighted by Gasteiger charge is -2.47. The fourth-order valence-electron chi connectivity index (χ4n) is 3.66. The van der Waals surface area contributed by atoms with Crippen LogP contribution in [0.15, 0.2) is 11.6 Å². The second kappa shape index (κ2) is 6.18. The first-order chi connectivity index (χ1) is 8.69. The predicted molar refractivity (Wildman–Crippen MR) is 75.9 cm³/mol. The highest BCUT2D eigenvalue weighted by molar-refractivity contribution is 5.14. The molecule has 1 aliphatic carbocycles. The molecule has 1 saturated carbocycles. The van der Waals surface area contributed by atoms with Crippen LogP contribution in [-0.2, 0) is 4.74 Å². The van der Waals surface area contributed by atoms with E-state index >= 15 is 0 Å². The third-order valence-electron chi connectivity index (χ3n) is 4.50. The van der Waals surface area contributed by atoms with E-state index in [9.17, 15) is 0 Å². The Labute approximate surface area is 112 Å². The summed E-state index contributed by atoms with van der Waals surface area (Å²) in [6, 6.07) is 0.475. The van der Waals surface area contributed by atoms with Crippen LogP contribution in [0.5, 0.6) is 0 Å². The monoisotopic (exact) mass is 252 g/mol. The SMILES string of the molecule is CNC(C=C(C)C)C1(N2CCOCC2)CCCC1. The lowest BCUT2D eigenvalue weighted by atomic mass is 9.84. The minimum Gasteiger partial charge on any atom is -0.379 e. The van der Waals surface area contributed by atoms with Gasteiger partial charge in [0.05, 0.1) is 13.2 Å². The molecule has 0 bridgehead atoms. The van der Waals surface area contributed by atoms with E-state index in [2.05, 4.69) is 37.2 Å².